The van der Waals surface area contributed by atoms with E-state index in [0.717, 1.165) is 11.2 Å². The molecule has 2 heteroatoms. The lowest BCUT2D eigenvalue weighted by atomic mass is 10.1. The highest BCUT2D eigenvalue weighted by molar-refractivity contribution is 7.99. The van der Waals surface area contributed by atoms with Crippen LogP contribution in [0.1, 0.15) is 59.8 Å². The topological polar surface area (TPSA) is 0 Å². The minimum absolute atomic E-state index is 0.564. The molecule has 0 saturated carbocycles. The van der Waals surface area contributed by atoms with Crippen LogP contribution in [0.4, 0.5) is 0 Å². The molecule has 0 aliphatic heterocycles. The van der Waals surface area contributed by atoms with Gasteiger partial charge in [-0.3, -0.25) is 0 Å². The van der Waals surface area contributed by atoms with Gasteiger partial charge < -0.3 is 0 Å². The summed E-state index contributed by atoms with van der Waals surface area (Å²) in [6.07, 6.45) is 6.76. The molecule has 0 aromatic carbocycles. The largest absolute Gasteiger partial charge is 0.176 e. The molecule has 92 valence electrons. The van der Waals surface area contributed by atoms with Crippen molar-refractivity contribution >= 4 is 24.4 Å². The summed E-state index contributed by atoms with van der Waals surface area (Å²) in [5.41, 5.74) is 0. The van der Waals surface area contributed by atoms with Crippen LogP contribution in [0.2, 0.25) is 0 Å². The molecule has 0 N–H and O–H groups in total. The molecule has 0 fully saturated rings. The third-order valence-corrected chi connectivity index (χ3v) is 4.16. The van der Waals surface area contributed by atoms with E-state index in [4.69, 9.17) is 0 Å². The van der Waals surface area contributed by atoms with Crippen LogP contribution in [0.25, 0.3) is 0 Å². The highest BCUT2D eigenvalue weighted by Gasteiger charge is 2.04. The van der Waals surface area contributed by atoms with Gasteiger partial charge in [0.2, 0.25) is 0 Å². The first-order valence-corrected chi connectivity index (χ1v) is 7.88. The van der Waals surface area contributed by atoms with Crippen molar-refractivity contribution in [3.05, 3.63) is 0 Å². The predicted octanol–water partition coefficient (Wildman–Crippen LogP) is 5.03. The molecule has 0 nitrogen and oxygen atoms in total. The minimum atomic E-state index is 0.564. The third kappa shape index (κ3) is 12.6. The van der Waals surface area contributed by atoms with Crippen LogP contribution >= 0.6 is 24.4 Å². The first-order chi connectivity index (χ1) is 7.02. The zero-order valence-corrected chi connectivity index (χ0v) is 12.5. The fraction of sp³-hybridized carbons (Fsp3) is 1.00. The molecule has 2 atom stereocenters. The summed E-state index contributed by atoms with van der Waals surface area (Å²) in [4.78, 5) is 0. The van der Waals surface area contributed by atoms with Crippen LogP contribution in [0.5, 0.6) is 0 Å². The van der Waals surface area contributed by atoms with E-state index < -0.39 is 0 Å². The van der Waals surface area contributed by atoms with E-state index in [9.17, 15) is 0 Å². The van der Waals surface area contributed by atoms with E-state index >= 15 is 0 Å². The Labute approximate surface area is 106 Å². The van der Waals surface area contributed by atoms with Crippen LogP contribution in [0.3, 0.4) is 0 Å². The van der Waals surface area contributed by atoms with Gasteiger partial charge >= 0.3 is 0 Å². The number of thiol groups is 1. The molecule has 2 unspecified atom stereocenters. The lowest BCUT2D eigenvalue weighted by Gasteiger charge is -2.12. The van der Waals surface area contributed by atoms with Gasteiger partial charge in [0.1, 0.15) is 0 Å². The van der Waals surface area contributed by atoms with Crippen molar-refractivity contribution in [3.63, 3.8) is 0 Å². The molecule has 15 heavy (non-hydrogen) atoms. The fourth-order valence-electron chi connectivity index (χ4n) is 1.50. The molecule has 0 aliphatic carbocycles. The molecule has 0 heterocycles. The minimum Gasteiger partial charge on any atom is -0.176 e. The highest BCUT2D eigenvalue weighted by Crippen LogP contribution is 2.20. The average Bonchev–Trinajstić information content (AvgIpc) is 2.13. The summed E-state index contributed by atoms with van der Waals surface area (Å²) in [7, 11) is 0. The van der Waals surface area contributed by atoms with Gasteiger partial charge in [-0.25, -0.2) is 0 Å². The first kappa shape index (κ1) is 15.7. The molecular formula is C13H28S2. The molecule has 0 bridgehead atoms. The van der Waals surface area contributed by atoms with Crippen LogP contribution in [0.15, 0.2) is 0 Å². The Bertz CT molecular complexity index is 132. The van der Waals surface area contributed by atoms with E-state index in [1.165, 1.54) is 37.9 Å². The van der Waals surface area contributed by atoms with E-state index in [2.05, 4.69) is 52.1 Å². The second kappa shape index (κ2) is 9.89. The van der Waals surface area contributed by atoms with Gasteiger partial charge in [-0.1, -0.05) is 40.5 Å². The Kier molecular flexibility index (Phi) is 10.4. The van der Waals surface area contributed by atoms with Gasteiger partial charge in [0, 0.05) is 5.25 Å². The van der Waals surface area contributed by atoms with Crippen molar-refractivity contribution in [2.45, 2.75) is 70.3 Å². The van der Waals surface area contributed by atoms with Gasteiger partial charge in [0.15, 0.2) is 0 Å². The average molecular weight is 249 g/mol. The van der Waals surface area contributed by atoms with Crippen molar-refractivity contribution in [1.29, 1.82) is 0 Å². The van der Waals surface area contributed by atoms with Crippen molar-refractivity contribution in [2.75, 3.05) is 5.75 Å². The van der Waals surface area contributed by atoms with Crippen molar-refractivity contribution in [3.8, 4) is 0 Å². The summed E-state index contributed by atoms with van der Waals surface area (Å²) in [5, 5.41) is 1.38. The molecule has 0 aromatic rings. The normalized spacial score (nSPS) is 15.6. The Hall–Kier alpha value is 0.700. The number of thioether (sulfide) groups is 1. The van der Waals surface area contributed by atoms with Gasteiger partial charge in [0.05, 0.1) is 0 Å². The summed E-state index contributed by atoms with van der Waals surface area (Å²) in [6, 6.07) is 0. The van der Waals surface area contributed by atoms with E-state index in [1.54, 1.807) is 0 Å². The van der Waals surface area contributed by atoms with Crippen molar-refractivity contribution in [1.82, 2.24) is 0 Å². The molecule has 0 amide bonds. The first-order valence-electron chi connectivity index (χ1n) is 6.32. The molecule has 0 spiro atoms. The summed E-state index contributed by atoms with van der Waals surface area (Å²) < 4.78 is 0. The SMILES string of the molecule is CC(C)CCCCSC(C)CCC(C)S. The van der Waals surface area contributed by atoms with Crippen LogP contribution in [-0.2, 0) is 0 Å². The predicted molar refractivity (Wildman–Crippen MR) is 78.3 cm³/mol. The van der Waals surface area contributed by atoms with Crippen molar-refractivity contribution in [2.24, 2.45) is 5.92 Å². The fourth-order valence-corrected chi connectivity index (χ4v) is 2.72. The number of unbranched alkanes of at least 4 members (excludes halogenated alkanes) is 1. The van der Waals surface area contributed by atoms with Gasteiger partial charge in [-0.15, -0.1) is 0 Å². The van der Waals surface area contributed by atoms with Crippen LogP contribution < -0.4 is 0 Å². The van der Waals surface area contributed by atoms with Crippen LogP contribution in [0, 0.1) is 5.92 Å². The molecule has 0 saturated heterocycles. The number of rotatable bonds is 9. The maximum absolute atomic E-state index is 4.41. The second-order valence-electron chi connectivity index (χ2n) is 5.00. The third-order valence-electron chi connectivity index (χ3n) is 2.57. The highest BCUT2D eigenvalue weighted by atomic mass is 32.2. The molecule has 0 aliphatic rings. The Morgan fingerprint density at radius 2 is 1.60 bits per heavy atom. The lowest BCUT2D eigenvalue weighted by Crippen LogP contribution is -2.02. The summed E-state index contributed by atoms with van der Waals surface area (Å²) in [6.45, 7) is 9.15. The lowest BCUT2D eigenvalue weighted by molar-refractivity contribution is 0.551. The van der Waals surface area contributed by atoms with Crippen molar-refractivity contribution < 1.29 is 0 Å². The quantitative estimate of drug-likeness (QED) is 0.441. The second-order valence-corrected chi connectivity index (χ2v) is 7.43. The zero-order chi connectivity index (χ0) is 11.7. The zero-order valence-electron chi connectivity index (χ0n) is 10.8. The maximum atomic E-state index is 4.41. The molecule has 0 aromatic heterocycles. The van der Waals surface area contributed by atoms with E-state index in [1.807, 2.05) is 0 Å². The molecular weight excluding hydrogens is 220 g/mol. The Morgan fingerprint density at radius 1 is 0.933 bits per heavy atom. The maximum Gasteiger partial charge on any atom is 0.00191 e. The molecule has 0 rings (SSSR count). The van der Waals surface area contributed by atoms with E-state index in [0.29, 0.717) is 5.25 Å². The smallest absolute Gasteiger partial charge is 0.00191 e. The number of hydrogen-bond donors (Lipinski definition) is 1. The number of hydrogen-bond acceptors (Lipinski definition) is 2. The summed E-state index contributed by atoms with van der Waals surface area (Å²) in [5.74, 6) is 2.21. The van der Waals surface area contributed by atoms with Gasteiger partial charge in [0.25, 0.3) is 0 Å². The Morgan fingerprint density at radius 3 is 2.13 bits per heavy atom. The van der Waals surface area contributed by atoms with Gasteiger partial charge in [-0.2, -0.15) is 24.4 Å². The Balaban J connectivity index is 3.20. The van der Waals surface area contributed by atoms with Gasteiger partial charge in [-0.05, 0) is 36.2 Å². The summed E-state index contributed by atoms with van der Waals surface area (Å²) >= 11 is 6.55. The standard InChI is InChI=1S/C13H28S2/c1-11(2)7-5-6-10-15-13(4)9-8-12(3)14/h11-14H,5-10H2,1-4H3. The monoisotopic (exact) mass is 248 g/mol. The van der Waals surface area contributed by atoms with Crippen LogP contribution in [-0.4, -0.2) is 16.3 Å². The van der Waals surface area contributed by atoms with E-state index in [-0.39, 0.29) is 0 Å². The molecule has 0 radical (unpaired) electrons.